The van der Waals surface area contributed by atoms with Crippen molar-refractivity contribution in [1.29, 1.82) is 0 Å². The number of aromatic nitrogens is 2. The van der Waals surface area contributed by atoms with Gasteiger partial charge in [-0.25, -0.2) is 14.2 Å². The van der Waals surface area contributed by atoms with E-state index in [1.807, 2.05) is 0 Å². The quantitative estimate of drug-likeness (QED) is 0.434. The molecule has 3 N–H and O–H groups in total. The van der Waals surface area contributed by atoms with Gasteiger partial charge in [-0.3, -0.25) is 5.43 Å². The summed E-state index contributed by atoms with van der Waals surface area (Å²) >= 11 is 5.53. The summed E-state index contributed by atoms with van der Waals surface area (Å²) in [5.41, 5.74) is 1.58. The molecule has 9 heteroatoms. The zero-order valence-corrected chi connectivity index (χ0v) is 11.3. The van der Waals surface area contributed by atoms with Crippen LogP contribution < -0.4 is 5.43 Å². The molecular formula is C10H14ClFN4O3. The molecule has 1 aromatic rings. The molecule has 106 valence electrons. The number of carboxylic acids is 1. The Labute approximate surface area is 114 Å². The Hall–Kier alpha value is -1.51. The molecule has 1 rings (SSSR count). The van der Waals surface area contributed by atoms with Crippen LogP contribution >= 0.6 is 11.6 Å². The second-order valence-electron chi connectivity index (χ2n) is 4.70. The molecule has 1 atom stereocenters. The van der Waals surface area contributed by atoms with Crippen molar-refractivity contribution >= 4 is 23.4 Å². The standard InChI is InChI=1S/C10H14ClFN4O3/c1-10(2,3)16(7(17)8(18)19)15-6-5(12)4-13-9(11)14-6/h4,7,17H,1-3H3,(H,18,19)(H,13,14,15). The molecule has 0 spiro atoms. The van der Waals surface area contributed by atoms with Crippen molar-refractivity contribution in [3.05, 3.63) is 17.3 Å². The summed E-state index contributed by atoms with van der Waals surface area (Å²) in [5, 5.41) is 19.2. The van der Waals surface area contributed by atoms with E-state index < -0.39 is 23.6 Å². The van der Waals surface area contributed by atoms with Crippen LogP contribution in [0.4, 0.5) is 10.2 Å². The second-order valence-corrected chi connectivity index (χ2v) is 5.04. The minimum absolute atomic E-state index is 0.206. The number of rotatable bonds is 4. The normalized spacial score (nSPS) is 13.4. The number of aliphatic carboxylic acids is 1. The number of anilines is 1. The molecule has 1 unspecified atom stereocenters. The average Bonchev–Trinajstić information content (AvgIpc) is 2.27. The van der Waals surface area contributed by atoms with Gasteiger partial charge in [0.15, 0.2) is 11.6 Å². The first kappa shape index (κ1) is 15.5. The molecule has 1 heterocycles. The largest absolute Gasteiger partial charge is 0.478 e. The van der Waals surface area contributed by atoms with E-state index in [1.54, 1.807) is 20.8 Å². The fraction of sp³-hybridized carbons (Fsp3) is 0.500. The summed E-state index contributed by atoms with van der Waals surface area (Å²) in [5.74, 6) is -2.63. The van der Waals surface area contributed by atoms with E-state index in [-0.39, 0.29) is 11.1 Å². The molecule has 0 amide bonds. The maximum Gasteiger partial charge on any atom is 0.349 e. The number of nitrogens with zero attached hydrogens (tertiary/aromatic N) is 3. The molecule has 0 aliphatic carbocycles. The van der Waals surface area contributed by atoms with Crippen molar-refractivity contribution in [3.8, 4) is 0 Å². The molecule has 0 saturated heterocycles. The Morgan fingerprint density at radius 3 is 2.63 bits per heavy atom. The maximum atomic E-state index is 13.5. The van der Waals surface area contributed by atoms with E-state index in [0.29, 0.717) is 0 Å². The SMILES string of the molecule is CC(C)(C)N(Nc1nc(Cl)ncc1F)C(O)C(=O)O. The summed E-state index contributed by atoms with van der Waals surface area (Å²) < 4.78 is 13.5. The lowest BCUT2D eigenvalue weighted by Gasteiger charge is -2.37. The van der Waals surface area contributed by atoms with Crippen LogP contribution in [0.1, 0.15) is 20.8 Å². The second kappa shape index (κ2) is 5.64. The third-order valence-corrected chi connectivity index (χ3v) is 2.31. The Bertz CT molecular complexity index is 480. The molecule has 0 aliphatic heterocycles. The van der Waals surface area contributed by atoms with Crippen LogP contribution in [0.5, 0.6) is 0 Å². The molecule has 0 aromatic carbocycles. The topological polar surface area (TPSA) is 98.6 Å². The number of halogens is 2. The van der Waals surface area contributed by atoms with Crippen LogP contribution in [0.2, 0.25) is 5.28 Å². The average molecular weight is 293 g/mol. The van der Waals surface area contributed by atoms with Crippen LogP contribution in [-0.2, 0) is 4.79 Å². The highest BCUT2D eigenvalue weighted by Crippen LogP contribution is 2.20. The van der Waals surface area contributed by atoms with E-state index in [4.69, 9.17) is 16.7 Å². The third-order valence-electron chi connectivity index (χ3n) is 2.13. The fourth-order valence-corrected chi connectivity index (χ4v) is 1.38. The van der Waals surface area contributed by atoms with Crippen molar-refractivity contribution in [2.75, 3.05) is 5.43 Å². The Balaban J connectivity index is 3.08. The van der Waals surface area contributed by atoms with Crippen molar-refractivity contribution in [2.24, 2.45) is 0 Å². The number of carbonyl (C=O) groups is 1. The Kier molecular flexibility index (Phi) is 4.61. The van der Waals surface area contributed by atoms with Gasteiger partial charge in [0.1, 0.15) is 0 Å². The van der Waals surface area contributed by atoms with E-state index in [0.717, 1.165) is 11.2 Å². The molecule has 0 aliphatic rings. The van der Waals surface area contributed by atoms with Crippen molar-refractivity contribution in [2.45, 2.75) is 32.5 Å². The summed E-state index contributed by atoms with van der Waals surface area (Å²) in [7, 11) is 0. The van der Waals surface area contributed by atoms with Crippen LogP contribution in [-0.4, -0.2) is 42.9 Å². The first-order valence-corrected chi connectivity index (χ1v) is 5.65. The monoisotopic (exact) mass is 292 g/mol. The summed E-state index contributed by atoms with van der Waals surface area (Å²) in [6, 6.07) is 0. The molecule has 19 heavy (non-hydrogen) atoms. The van der Waals surface area contributed by atoms with Gasteiger partial charge in [-0.1, -0.05) is 0 Å². The minimum atomic E-state index is -1.88. The maximum absolute atomic E-state index is 13.5. The van der Waals surface area contributed by atoms with Gasteiger partial charge >= 0.3 is 5.97 Å². The Morgan fingerprint density at radius 2 is 2.16 bits per heavy atom. The van der Waals surface area contributed by atoms with Gasteiger partial charge in [0.25, 0.3) is 0 Å². The third kappa shape index (κ3) is 3.98. The van der Waals surface area contributed by atoms with Crippen molar-refractivity contribution in [3.63, 3.8) is 0 Å². The zero-order chi connectivity index (χ0) is 14.8. The number of carboxylic acid groups (broad SMARTS) is 1. The number of hydrogen-bond acceptors (Lipinski definition) is 6. The van der Waals surface area contributed by atoms with Gasteiger partial charge in [-0.15, -0.1) is 0 Å². The van der Waals surface area contributed by atoms with Gasteiger partial charge in [0.05, 0.1) is 6.20 Å². The summed E-state index contributed by atoms with van der Waals surface area (Å²) in [6.07, 6.45) is -1.04. The smallest absolute Gasteiger partial charge is 0.349 e. The number of aliphatic hydroxyl groups excluding tert-OH is 1. The molecule has 0 bridgehead atoms. The van der Waals surface area contributed by atoms with E-state index in [2.05, 4.69) is 15.4 Å². The summed E-state index contributed by atoms with van der Waals surface area (Å²) in [6.45, 7) is 4.90. The van der Waals surface area contributed by atoms with Crippen LogP contribution in [0, 0.1) is 5.82 Å². The Morgan fingerprint density at radius 1 is 1.58 bits per heavy atom. The minimum Gasteiger partial charge on any atom is -0.478 e. The highest BCUT2D eigenvalue weighted by atomic mass is 35.5. The zero-order valence-electron chi connectivity index (χ0n) is 10.6. The summed E-state index contributed by atoms with van der Waals surface area (Å²) in [4.78, 5) is 17.9. The molecule has 0 saturated carbocycles. The predicted molar refractivity (Wildman–Crippen MR) is 65.9 cm³/mol. The van der Waals surface area contributed by atoms with E-state index >= 15 is 0 Å². The fourth-order valence-electron chi connectivity index (χ4n) is 1.24. The molecule has 7 nitrogen and oxygen atoms in total. The molecule has 0 radical (unpaired) electrons. The highest BCUT2D eigenvalue weighted by molar-refractivity contribution is 6.28. The van der Waals surface area contributed by atoms with Gasteiger partial charge in [0, 0.05) is 5.54 Å². The van der Waals surface area contributed by atoms with Crippen molar-refractivity contribution in [1.82, 2.24) is 15.0 Å². The van der Waals surface area contributed by atoms with Crippen molar-refractivity contribution < 1.29 is 19.4 Å². The molecule has 0 fully saturated rings. The lowest BCUT2D eigenvalue weighted by molar-refractivity contribution is -0.161. The lowest BCUT2D eigenvalue weighted by atomic mass is 10.1. The molecule has 1 aromatic heterocycles. The van der Waals surface area contributed by atoms with Gasteiger partial charge in [0.2, 0.25) is 11.5 Å². The number of hydrazine groups is 1. The first-order chi connectivity index (χ1) is 8.62. The van der Waals surface area contributed by atoms with Gasteiger partial charge < -0.3 is 10.2 Å². The number of hydrogen-bond donors (Lipinski definition) is 3. The van der Waals surface area contributed by atoms with Crippen LogP contribution in [0.15, 0.2) is 6.20 Å². The van der Waals surface area contributed by atoms with E-state index in [1.165, 1.54) is 0 Å². The van der Waals surface area contributed by atoms with Gasteiger partial charge in [-0.2, -0.15) is 9.99 Å². The predicted octanol–water partition coefficient (Wildman–Crippen LogP) is 1.10. The van der Waals surface area contributed by atoms with Crippen LogP contribution in [0.3, 0.4) is 0 Å². The molecular weight excluding hydrogens is 279 g/mol. The number of nitrogens with one attached hydrogen (secondary N) is 1. The number of aliphatic hydroxyl groups is 1. The lowest BCUT2D eigenvalue weighted by Crippen LogP contribution is -2.54. The van der Waals surface area contributed by atoms with Gasteiger partial charge in [-0.05, 0) is 32.4 Å². The van der Waals surface area contributed by atoms with Crippen LogP contribution in [0.25, 0.3) is 0 Å². The first-order valence-electron chi connectivity index (χ1n) is 5.28. The van der Waals surface area contributed by atoms with E-state index in [9.17, 15) is 14.3 Å². The highest BCUT2D eigenvalue weighted by Gasteiger charge is 2.33.